The summed E-state index contributed by atoms with van der Waals surface area (Å²) in [4.78, 5) is 72.3. The molecule has 0 saturated carbocycles. The number of hydrogen-bond acceptors (Lipinski definition) is 15. The molecule has 0 rings (SSSR count). The summed E-state index contributed by atoms with van der Waals surface area (Å²) in [6.07, 6.45) is 44.6. The molecule has 3 unspecified atom stereocenters. The first-order chi connectivity index (χ1) is 41.9. The zero-order valence-corrected chi connectivity index (χ0v) is 58.1. The second kappa shape index (κ2) is 60.3. The molecule has 0 aliphatic rings. The fraction of sp³-hybridized carbons (Fsp3) is 0.941. The number of carbonyl (C=O) groups excluding carboxylic acids is 4. The first-order valence-electron chi connectivity index (χ1n) is 35.5. The van der Waals surface area contributed by atoms with Crippen LogP contribution in [0.5, 0.6) is 0 Å². The molecule has 6 atom stereocenters. The van der Waals surface area contributed by atoms with Crippen molar-refractivity contribution in [1.82, 2.24) is 0 Å². The Morgan fingerprint density at radius 2 is 0.586 bits per heavy atom. The number of aliphatic hydroxyl groups is 1. The van der Waals surface area contributed by atoms with Crippen LogP contribution in [0, 0.1) is 11.8 Å². The predicted molar refractivity (Wildman–Crippen MR) is 349 cm³/mol. The third kappa shape index (κ3) is 61.3. The highest BCUT2D eigenvalue weighted by atomic mass is 31.2. The van der Waals surface area contributed by atoms with E-state index in [2.05, 4.69) is 41.5 Å². The number of hydrogen-bond donors (Lipinski definition) is 3. The Kier molecular flexibility index (Phi) is 59.0. The number of phosphoric ester groups is 2. The second-order valence-electron chi connectivity index (χ2n) is 25.3. The van der Waals surface area contributed by atoms with E-state index in [9.17, 15) is 43.2 Å². The summed E-state index contributed by atoms with van der Waals surface area (Å²) in [5, 5.41) is 10.6. The fourth-order valence-electron chi connectivity index (χ4n) is 10.2. The Balaban J connectivity index is 5.21. The Morgan fingerprint density at radius 3 is 0.874 bits per heavy atom. The van der Waals surface area contributed by atoms with Crippen LogP contribution in [0.4, 0.5) is 0 Å². The summed E-state index contributed by atoms with van der Waals surface area (Å²) in [5.74, 6) is -0.636. The quantitative estimate of drug-likeness (QED) is 0.0222. The first-order valence-corrected chi connectivity index (χ1v) is 38.5. The molecule has 0 saturated heterocycles. The van der Waals surface area contributed by atoms with Gasteiger partial charge in [-0.05, 0) is 37.5 Å². The van der Waals surface area contributed by atoms with Crippen LogP contribution in [0.2, 0.25) is 0 Å². The molecular formula is C68H132O17P2. The highest BCUT2D eigenvalue weighted by Crippen LogP contribution is 2.45. The van der Waals surface area contributed by atoms with Crippen molar-refractivity contribution in [1.29, 1.82) is 0 Å². The first kappa shape index (κ1) is 85.1. The molecule has 516 valence electrons. The van der Waals surface area contributed by atoms with Crippen molar-refractivity contribution >= 4 is 39.5 Å². The van der Waals surface area contributed by atoms with Crippen molar-refractivity contribution in [3.05, 3.63) is 0 Å². The Hall–Kier alpha value is -1.94. The van der Waals surface area contributed by atoms with Crippen LogP contribution in [0.1, 0.15) is 343 Å². The lowest BCUT2D eigenvalue weighted by Gasteiger charge is -2.21. The van der Waals surface area contributed by atoms with Crippen molar-refractivity contribution in [3.63, 3.8) is 0 Å². The monoisotopic (exact) mass is 1280 g/mol. The molecule has 0 aliphatic carbocycles. The third-order valence-corrected chi connectivity index (χ3v) is 18.0. The maximum Gasteiger partial charge on any atom is 0.472 e. The van der Waals surface area contributed by atoms with E-state index in [0.29, 0.717) is 25.7 Å². The molecule has 0 aromatic rings. The molecule has 0 amide bonds. The van der Waals surface area contributed by atoms with E-state index in [4.69, 9.17) is 37.0 Å². The SMILES string of the molecule is CCCCCCCCCCCCCCCCCC(=O)OC[C@H](COP(=O)(O)OC[C@@H](O)COP(=O)(O)OC[C@@H](COC(=O)CCCCCCCCC)OC(=O)CCCCCCCCC(C)CC)OC(=O)CCCCCCCCCCCCCCC(C)C. The third-order valence-electron chi connectivity index (χ3n) is 16.1. The lowest BCUT2D eigenvalue weighted by molar-refractivity contribution is -0.161. The van der Waals surface area contributed by atoms with Crippen molar-refractivity contribution < 1.29 is 80.2 Å². The van der Waals surface area contributed by atoms with Gasteiger partial charge in [0.1, 0.15) is 19.3 Å². The van der Waals surface area contributed by atoms with E-state index >= 15 is 0 Å². The summed E-state index contributed by atoms with van der Waals surface area (Å²) in [6.45, 7) is 9.45. The van der Waals surface area contributed by atoms with E-state index in [1.807, 2.05) is 0 Å². The van der Waals surface area contributed by atoms with Gasteiger partial charge in [-0.25, -0.2) is 9.13 Å². The van der Waals surface area contributed by atoms with Gasteiger partial charge in [-0.1, -0.05) is 292 Å². The Labute approximate surface area is 530 Å². The van der Waals surface area contributed by atoms with Gasteiger partial charge in [0, 0.05) is 25.7 Å². The van der Waals surface area contributed by atoms with Crippen LogP contribution >= 0.6 is 15.6 Å². The lowest BCUT2D eigenvalue weighted by atomic mass is 10.00. The molecule has 0 aromatic carbocycles. The molecule has 3 N–H and O–H groups in total. The van der Waals surface area contributed by atoms with Gasteiger partial charge in [-0.2, -0.15) is 0 Å². The average Bonchev–Trinajstić information content (AvgIpc) is 3.63. The standard InChI is InChI=1S/C68H132O17P2/c1-7-10-12-14-16-17-18-19-20-21-25-28-32-39-45-51-66(71)79-57-63(84-67(72)52-46-40-33-29-26-23-22-24-27-31-36-42-48-60(4)5)58-82-86(74,75)80-54-62(69)55-81-87(76,77)83-59-64(56-78-65(70)50-44-38-30-15-13-11-8-2)85-68(73)53-47-41-35-34-37-43-49-61(6)9-3/h60-64,69H,7-59H2,1-6H3,(H,74,75)(H,76,77)/t61?,62-,63-,64-/m1/s1. The maximum absolute atomic E-state index is 13.0. The van der Waals surface area contributed by atoms with Crippen LogP contribution in [-0.4, -0.2) is 96.7 Å². The van der Waals surface area contributed by atoms with E-state index < -0.39 is 97.5 Å². The molecule has 0 bridgehead atoms. The number of ether oxygens (including phenoxy) is 4. The molecule has 0 heterocycles. The van der Waals surface area contributed by atoms with Crippen LogP contribution < -0.4 is 0 Å². The zero-order valence-electron chi connectivity index (χ0n) is 56.3. The van der Waals surface area contributed by atoms with Gasteiger partial charge in [0.2, 0.25) is 0 Å². The summed E-state index contributed by atoms with van der Waals surface area (Å²) in [5.41, 5.74) is 0. The Morgan fingerprint density at radius 1 is 0.333 bits per heavy atom. The smallest absolute Gasteiger partial charge is 0.462 e. The van der Waals surface area contributed by atoms with Crippen molar-refractivity contribution in [3.8, 4) is 0 Å². The Bertz CT molecular complexity index is 1700. The minimum absolute atomic E-state index is 0.103. The van der Waals surface area contributed by atoms with Crippen molar-refractivity contribution in [2.45, 2.75) is 362 Å². The number of esters is 4. The number of unbranched alkanes of at least 4 members (excludes halogenated alkanes) is 36. The summed E-state index contributed by atoms with van der Waals surface area (Å²) >= 11 is 0. The normalized spacial score (nSPS) is 14.5. The van der Waals surface area contributed by atoms with Gasteiger partial charge in [-0.15, -0.1) is 0 Å². The maximum atomic E-state index is 13.0. The minimum Gasteiger partial charge on any atom is -0.462 e. The largest absolute Gasteiger partial charge is 0.472 e. The van der Waals surface area contributed by atoms with E-state index in [1.165, 1.54) is 148 Å². The van der Waals surface area contributed by atoms with Gasteiger partial charge in [0.05, 0.1) is 26.4 Å². The molecule has 0 radical (unpaired) electrons. The highest BCUT2D eigenvalue weighted by Gasteiger charge is 2.30. The number of phosphoric acid groups is 2. The van der Waals surface area contributed by atoms with E-state index in [0.717, 1.165) is 115 Å². The highest BCUT2D eigenvalue weighted by molar-refractivity contribution is 7.47. The zero-order chi connectivity index (χ0) is 64.3. The summed E-state index contributed by atoms with van der Waals surface area (Å²) in [6, 6.07) is 0. The molecular weight excluding hydrogens is 1150 g/mol. The van der Waals surface area contributed by atoms with Gasteiger partial charge in [0.25, 0.3) is 0 Å². The molecule has 0 fully saturated rings. The second-order valence-corrected chi connectivity index (χ2v) is 28.2. The minimum atomic E-state index is -4.95. The van der Waals surface area contributed by atoms with Gasteiger partial charge >= 0.3 is 39.5 Å². The summed E-state index contributed by atoms with van der Waals surface area (Å²) in [7, 11) is -9.89. The average molecular weight is 1280 g/mol. The van der Waals surface area contributed by atoms with Crippen LogP contribution in [0.3, 0.4) is 0 Å². The van der Waals surface area contributed by atoms with E-state index in [-0.39, 0.29) is 25.7 Å². The van der Waals surface area contributed by atoms with E-state index in [1.54, 1.807) is 0 Å². The summed E-state index contributed by atoms with van der Waals surface area (Å²) < 4.78 is 68.1. The van der Waals surface area contributed by atoms with Gasteiger partial charge in [-0.3, -0.25) is 37.3 Å². The molecule has 19 heteroatoms. The van der Waals surface area contributed by atoms with Crippen LogP contribution in [-0.2, 0) is 65.4 Å². The molecule has 0 aromatic heterocycles. The number of rotatable bonds is 67. The molecule has 0 spiro atoms. The molecule has 0 aliphatic heterocycles. The molecule has 17 nitrogen and oxygen atoms in total. The van der Waals surface area contributed by atoms with Crippen LogP contribution in [0.25, 0.3) is 0 Å². The van der Waals surface area contributed by atoms with Crippen LogP contribution in [0.15, 0.2) is 0 Å². The number of aliphatic hydroxyl groups excluding tert-OH is 1. The molecule has 87 heavy (non-hydrogen) atoms. The van der Waals surface area contributed by atoms with Crippen molar-refractivity contribution in [2.24, 2.45) is 11.8 Å². The number of carbonyl (C=O) groups is 4. The predicted octanol–water partition coefficient (Wildman–Crippen LogP) is 19.2. The van der Waals surface area contributed by atoms with Gasteiger partial charge in [0.15, 0.2) is 12.2 Å². The topological polar surface area (TPSA) is 237 Å². The fourth-order valence-corrected chi connectivity index (χ4v) is 11.8. The van der Waals surface area contributed by atoms with Gasteiger partial charge < -0.3 is 33.8 Å². The van der Waals surface area contributed by atoms with Crippen molar-refractivity contribution in [2.75, 3.05) is 39.6 Å². The lowest BCUT2D eigenvalue weighted by Crippen LogP contribution is -2.30.